The Labute approximate surface area is 89.7 Å². The third kappa shape index (κ3) is 3.89. The van der Waals surface area contributed by atoms with Gasteiger partial charge in [0, 0.05) is 13.4 Å². The minimum atomic E-state index is -3.17. The van der Waals surface area contributed by atoms with Crippen LogP contribution in [-0.2, 0) is 14.6 Å². The van der Waals surface area contributed by atoms with Crippen molar-refractivity contribution in [3.63, 3.8) is 0 Å². The molecule has 0 spiro atoms. The lowest BCUT2D eigenvalue weighted by Gasteiger charge is -2.06. The topological polar surface area (TPSA) is 52.6 Å². The van der Waals surface area contributed by atoms with Crippen molar-refractivity contribution in [2.24, 2.45) is 0 Å². The minimum Gasteiger partial charge on any atom is -0.491 e. The maximum Gasteiger partial charge on any atom is 0.175 e. The Morgan fingerprint density at radius 1 is 1.27 bits per heavy atom. The molecule has 84 valence electrons. The van der Waals surface area contributed by atoms with Gasteiger partial charge < -0.3 is 9.47 Å². The minimum absolute atomic E-state index is 0.261. The summed E-state index contributed by atoms with van der Waals surface area (Å²) in [6.07, 6.45) is 1.17. The van der Waals surface area contributed by atoms with E-state index in [1.807, 2.05) is 0 Å². The van der Waals surface area contributed by atoms with Crippen LogP contribution in [0.5, 0.6) is 5.75 Å². The highest BCUT2D eigenvalue weighted by Gasteiger charge is 2.07. The molecule has 4 nitrogen and oxygen atoms in total. The zero-order valence-corrected chi connectivity index (χ0v) is 9.58. The molecule has 15 heavy (non-hydrogen) atoms. The molecule has 1 aromatic rings. The summed E-state index contributed by atoms with van der Waals surface area (Å²) < 4.78 is 32.6. The Balaban J connectivity index is 2.75. The van der Waals surface area contributed by atoms with Gasteiger partial charge in [-0.1, -0.05) is 6.07 Å². The zero-order valence-electron chi connectivity index (χ0n) is 8.76. The van der Waals surface area contributed by atoms with Crippen molar-refractivity contribution in [2.75, 3.05) is 26.6 Å². The Morgan fingerprint density at radius 2 is 2.00 bits per heavy atom. The van der Waals surface area contributed by atoms with Gasteiger partial charge in [0.05, 0.1) is 11.5 Å². The van der Waals surface area contributed by atoms with E-state index in [0.717, 1.165) is 0 Å². The van der Waals surface area contributed by atoms with Crippen molar-refractivity contribution in [1.82, 2.24) is 0 Å². The van der Waals surface area contributed by atoms with Crippen LogP contribution in [-0.4, -0.2) is 35.0 Å². The van der Waals surface area contributed by atoms with Gasteiger partial charge in [-0.2, -0.15) is 0 Å². The molecular weight excluding hydrogens is 216 g/mol. The maximum atomic E-state index is 11.2. The number of ether oxygens (including phenoxy) is 2. The van der Waals surface area contributed by atoms with Crippen molar-refractivity contribution in [1.29, 1.82) is 0 Å². The highest BCUT2D eigenvalue weighted by Crippen LogP contribution is 2.17. The summed E-state index contributed by atoms with van der Waals surface area (Å²) in [4.78, 5) is 0.261. The summed E-state index contributed by atoms with van der Waals surface area (Å²) >= 11 is 0. The molecule has 0 aromatic heterocycles. The van der Waals surface area contributed by atoms with Gasteiger partial charge in [-0.3, -0.25) is 0 Å². The normalized spacial score (nSPS) is 11.3. The lowest BCUT2D eigenvalue weighted by Crippen LogP contribution is -2.05. The molecule has 0 unspecified atom stereocenters. The number of methoxy groups -OCH3 is 1. The lowest BCUT2D eigenvalue weighted by molar-refractivity contribution is 0.146. The van der Waals surface area contributed by atoms with Crippen LogP contribution < -0.4 is 4.74 Å². The van der Waals surface area contributed by atoms with Crippen molar-refractivity contribution in [3.8, 4) is 5.75 Å². The van der Waals surface area contributed by atoms with Crippen LogP contribution in [0.2, 0.25) is 0 Å². The van der Waals surface area contributed by atoms with E-state index in [0.29, 0.717) is 19.0 Å². The van der Waals surface area contributed by atoms with E-state index in [1.165, 1.54) is 12.3 Å². The predicted molar refractivity (Wildman–Crippen MR) is 56.9 cm³/mol. The lowest BCUT2D eigenvalue weighted by atomic mass is 10.3. The largest absolute Gasteiger partial charge is 0.491 e. The van der Waals surface area contributed by atoms with Crippen LogP contribution in [0, 0.1) is 0 Å². The Hall–Kier alpha value is -1.07. The van der Waals surface area contributed by atoms with E-state index in [-0.39, 0.29) is 4.90 Å². The van der Waals surface area contributed by atoms with Gasteiger partial charge in [-0.15, -0.1) is 0 Å². The molecule has 1 aromatic carbocycles. The van der Waals surface area contributed by atoms with Gasteiger partial charge in [0.2, 0.25) is 0 Å². The number of hydrogen-bond acceptors (Lipinski definition) is 4. The van der Waals surface area contributed by atoms with E-state index in [9.17, 15) is 8.42 Å². The predicted octanol–water partition coefficient (Wildman–Crippen LogP) is 1.12. The number of benzene rings is 1. The molecule has 0 saturated carbocycles. The number of sulfone groups is 1. The second-order valence-electron chi connectivity index (χ2n) is 3.09. The standard InChI is InChI=1S/C10H14O4S/c1-13-6-7-14-9-4-3-5-10(8-9)15(2,11)12/h3-5,8H,6-7H2,1-2H3. The third-order valence-corrected chi connectivity index (χ3v) is 2.90. The van der Waals surface area contributed by atoms with Gasteiger partial charge in [0.25, 0.3) is 0 Å². The van der Waals surface area contributed by atoms with Gasteiger partial charge in [-0.25, -0.2) is 8.42 Å². The first-order chi connectivity index (χ1) is 7.04. The summed E-state index contributed by atoms with van der Waals surface area (Å²) in [6.45, 7) is 0.882. The van der Waals surface area contributed by atoms with Crippen LogP contribution in [0.15, 0.2) is 29.2 Å². The molecule has 0 aliphatic carbocycles. The second kappa shape index (κ2) is 5.14. The molecule has 0 aliphatic rings. The summed E-state index contributed by atoms with van der Waals surface area (Å²) in [7, 11) is -1.59. The molecule has 1 rings (SSSR count). The molecule has 0 fully saturated rings. The summed E-state index contributed by atoms with van der Waals surface area (Å²) in [6, 6.07) is 6.41. The summed E-state index contributed by atoms with van der Waals surface area (Å²) in [5, 5.41) is 0. The first-order valence-corrected chi connectivity index (χ1v) is 6.35. The third-order valence-electron chi connectivity index (χ3n) is 1.79. The van der Waals surface area contributed by atoms with Crippen LogP contribution in [0.1, 0.15) is 0 Å². The van der Waals surface area contributed by atoms with Crippen molar-refractivity contribution in [3.05, 3.63) is 24.3 Å². The van der Waals surface area contributed by atoms with Crippen molar-refractivity contribution < 1.29 is 17.9 Å². The zero-order chi connectivity index (χ0) is 11.3. The van der Waals surface area contributed by atoms with Crippen molar-refractivity contribution in [2.45, 2.75) is 4.90 Å². The van der Waals surface area contributed by atoms with Crippen LogP contribution in [0.3, 0.4) is 0 Å². The highest BCUT2D eigenvalue weighted by atomic mass is 32.2. The van der Waals surface area contributed by atoms with Crippen LogP contribution in [0.4, 0.5) is 0 Å². The van der Waals surface area contributed by atoms with Gasteiger partial charge in [0.15, 0.2) is 9.84 Å². The van der Waals surface area contributed by atoms with E-state index in [1.54, 1.807) is 25.3 Å². The number of hydrogen-bond donors (Lipinski definition) is 0. The second-order valence-corrected chi connectivity index (χ2v) is 5.10. The average Bonchev–Trinajstić information content (AvgIpc) is 2.17. The van der Waals surface area contributed by atoms with Gasteiger partial charge in [0.1, 0.15) is 12.4 Å². The highest BCUT2D eigenvalue weighted by molar-refractivity contribution is 7.90. The molecule has 0 aliphatic heterocycles. The average molecular weight is 230 g/mol. The molecule has 0 radical (unpaired) electrons. The molecule has 0 bridgehead atoms. The summed E-state index contributed by atoms with van der Waals surface area (Å²) in [5.74, 6) is 0.537. The quantitative estimate of drug-likeness (QED) is 0.711. The fourth-order valence-electron chi connectivity index (χ4n) is 1.04. The molecule has 5 heteroatoms. The summed E-state index contributed by atoms with van der Waals surface area (Å²) in [5.41, 5.74) is 0. The molecule has 0 amide bonds. The fourth-order valence-corrected chi connectivity index (χ4v) is 1.69. The Bertz CT molecular complexity index is 411. The first-order valence-electron chi connectivity index (χ1n) is 4.46. The molecule has 0 saturated heterocycles. The monoisotopic (exact) mass is 230 g/mol. The number of rotatable bonds is 5. The fraction of sp³-hybridized carbons (Fsp3) is 0.400. The Kier molecular flexibility index (Phi) is 4.11. The van der Waals surface area contributed by atoms with E-state index in [2.05, 4.69) is 0 Å². The van der Waals surface area contributed by atoms with Gasteiger partial charge in [-0.05, 0) is 18.2 Å². The first kappa shape index (κ1) is 12.0. The van der Waals surface area contributed by atoms with Crippen molar-refractivity contribution >= 4 is 9.84 Å². The maximum absolute atomic E-state index is 11.2. The Morgan fingerprint density at radius 3 is 2.60 bits per heavy atom. The smallest absolute Gasteiger partial charge is 0.175 e. The molecular formula is C10H14O4S. The molecule has 0 atom stereocenters. The van der Waals surface area contributed by atoms with E-state index in [4.69, 9.17) is 9.47 Å². The van der Waals surface area contributed by atoms with Crippen LogP contribution >= 0.6 is 0 Å². The van der Waals surface area contributed by atoms with Gasteiger partial charge >= 0.3 is 0 Å². The van der Waals surface area contributed by atoms with E-state index >= 15 is 0 Å². The SMILES string of the molecule is COCCOc1cccc(S(C)(=O)=O)c1. The molecule has 0 heterocycles. The van der Waals surface area contributed by atoms with Crippen LogP contribution in [0.25, 0.3) is 0 Å². The van der Waals surface area contributed by atoms with E-state index < -0.39 is 9.84 Å². The molecule has 0 N–H and O–H groups in total.